The van der Waals surface area contributed by atoms with Crippen molar-refractivity contribution < 1.29 is 4.79 Å². The van der Waals surface area contributed by atoms with Crippen LogP contribution in [0, 0.1) is 0 Å². The molecule has 0 fully saturated rings. The fourth-order valence-corrected chi connectivity index (χ4v) is 1.02. The number of nitrogens with two attached hydrogens (primary N) is 2. The fourth-order valence-electron chi connectivity index (χ4n) is 0.881. The summed E-state index contributed by atoms with van der Waals surface area (Å²) in [6.07, 6.45) is 0. The zero-order chi connectivity index (χ0) is 9.14. The van der Waals surface area contributed by atoms with Gasteiger partial charge in [-0.05, 0) is 17.7 Å². The van der Waals surface area contributed by atoms with E-state index in [1.807, 2.05) is 0 Å². The average molecular weight is 185 g/mol. The molecule has 1 aromatic rings. The van der Waals surface area contributed by atoms with Crippen LogP contribution in [0.1, 0.15) is 10.9 Å². The molecule has 1 atom stereocenters. The van der Waals surface area contributed by atoms with Crippen molar-refractivity contribution in [3.63, 3.8) is 0 Å². The van der Waals surface area contributed by atoms with Crippen molar-refractivity contribution in [2.45, 2.75) is 5.38 Å². The Morgan fingerprint density at radius 2 is 2.17 bits per heavy atom. The lowest BCUT2D eigenvalue weighted by Crippen LogP contribution is -2.16. The topological polar surface area (TPSA) is 69.1 Å². The molecule has 0 bridgehead atoms. The lowest BCUT2D eigenvalue weighted by molar-refractivity contribution is -0.117. The molecule has 3 nitrogen and oxygen atoms in total. The Labute approximate surface area is 75.3 Å². The maximum absolute atomic E-state index is 10.7. The van der Waals surface area contributed by atoms with E-state index in [1.165, 1.54) is 0 Å². The van der Waals surface area contributed by atoms with Crippen molar-refractivity contribution >= 4 is 23.2 Å². The summed E-state index contributed by atoms with van der Waals surface area (Å²) in [7, 11) is 0. The Balaban J connectivity index is 2.95. The molecule has 1 aromatic carbocycles. The number of nitrogen functional groups attached to an aromatic ring is 1. The van der Waals surface area contributed by atoms with E-state index in [1.54, 1.807) is 24.3 Å². The summed E-state index contributed by atoms with van der Waals surface area (Å²) in [5.74, 6) is -0.567. The Morgan fingerprint density at radius 3 is 2.67 bits per heavy atom. The predicted octanol–water partition coefficient (Wildman–Crippen LogP) is 1.03. The van der Waals surface area contributed by atoms with Crippen LogP contribution in [0.5, 0.6) is 0 Å². The minimum absolute atomic E-state index is 0.567. The molecule has 12 heavy (non-hydrogen) atoms. The van der Waals surface area contributed by atoms with Crippen LogP contribution in [0.2, 0.25) is 0 Å². The highest BCUT2D eigenvalue weighted by Gasteiger charge is 2.13. The molecular formula is C8H9ClN2O. The molecule has 0 radical (unpaired) electrons. The number of carbonyl (C=O) groups is 1. The third-order valence-corrected chi connectivity index (χ3v) is 1.92. The van der Waals surface area contributed by atoms with E-state index in [0.717, 1.165) is 0 Å². The summed E-state index contributed by atoms with van der Waals surface area (Å²) in [5, 5.41) is -0.798. The maximum atomic E-state index is 10.7. The number of alkyl halides is 1. The number of carbonyl (C=O) groups excluding carboxylic acids is 1. The molecule has 4 heteroatoms. The first-order valence-corrected chi connectivity index (χ1v) is 3.83. The van der Waals surface area contributed by atoms with Crippen LogP contribution in [0.3, 0.4) is 0 Å². The van der Waals surface area contributed by atoms with E-state index >= 15 is 0 Å². The van der Waals surface area contributed by atoms with Gasteiger partial charge in [-0.3, -0.25) is 4.79 Å². The summed E-state index contributed by atoms with van der Waals surface area (Å²) in [6.45, 7) is 0. The predicted molar refractivity (Wildman–Crippen MR) is 48.6 cm³/mol. The van der Waals surface area contributed by atoms with Crippen LogP contribution in [0.25, 0.3) is 0 Å². The van der Waals surface area contributed by atoms with Gasteiger partial charge in [0.15, 0.2) is 0 Å². The highest BCUT2D eigenvalue weighted by molar-refractivity contribution is 6.30. The summed E-state index contributed by atoms with van der Waals surface area (Å²) in [5.41, 5.74) is 11.7. The van der Waals surface area contributed by atoms with Gasteiger partial charge in [-0.1, -0.05) is 12.1 Å². The van der Waals surface area contributed by atoms with Crippen LogP contribution in [-0.4, -0.2) is 5.91 Å². The van der Waals surface area contributed by atoms with Crippen molar-refractivity contribution in [3.8, 4) is 0 Å². The quantitative estimate of drug-likeness (QED) is 0.533. The first-order valence-electron chi connectivity index (χ1n) is 3.40. The van der Waals surface area contributed by atoms with Crippen LogP contribution in [0.15, 0.2) is 24.3 Å². The summed E-state index contributed by atoms with van der Waals surface area (Å²) >= 11 is 5.68. The smallest absolute Gasteiger partial charge is 0.240 e. The Kier molecular flexibility index (Phi) is 2.55. The van der Waals surface area contributed by atoms with Crippen LogP contribution in [0.4, 0.5) is 5.69 Å². The first kappa shape index (κ1) is 8.87. The van der Waals surface area contributed by atoms with Crippen molar-refractivity contribution in [2.24, 2.45) is 5.73 Å². The van der Waals surface area contributed by atoms with Crippen LogP contribution < -0.4 is 11.5 Å². The van der Waals surface area contributed by atoms with Crippen molar-refractivity contribution in [1.82, 2.24) is 0 Å². The van der Waals surface area contributed by atoms with Gasteiger partial charge < -0.3 is 11.5 Å². The van der Waals surface area contributed by atoms with E-state index in [9.17, 15) is 4.79 Å². The number of hydrogen-bond acceptors (Lipinski definition) is 2. The van der Waals surface area contributed by atoms with Gasteiger partial charge in [-0.15, -0.1) is 11.6 Å². The highest BCUT2D eigenvalue weighted by atomic mass is 35.5. The van der Waals surface area contributed by atoms with Crippen LogP contribution in [-0.2, 0) is 4.79 Å². The molecule has 0 spiro atoms. The largest absolute Gasteiger partial charge is 0.399 e. The van der Waals surface area contributed by atoms with Gasteiger partial charge in [0, 0.05) is 5.69 Å². The minimum atomic E-state index is -0.798. The molecule has 0 aromatic heterocycles. The molecule has 0 heterocycles. The first-order chi connectivity index (χ1) is 5.61. The monoisotopic (exact) mass is 184 g/mol. The third kappa shape index (κ3) is 1.89. The second kappa shape index (κ2) is 3.45. The van der Waals surface area contributed by atoms with E-state index in [0.29, 0.717) is 11.3 Å². The number of hydrogen-bond donors (Lipinski definition) is 2. The molecule has 1 unspecified atom stereocenters. The minimum Gasteiger partial charge on any atom is -0.399 e. The maximum Gasteiger partial charge on any atom is 0.240 e. The molecular weight excluding hydrogens is 176 g/mol. The number of rotatable bonds is 2. The molecule has 0 saturated heterocycles. The molecule has 4 N–H and O–H groups in total. The Hall–Kier alpha value is -1.22. The lowest BCUT2D eigenvalue weighted by atomic mass is 10.1. The molecule has 64 valence electrons. The Morgan fingerprint density at radius 1 is 1.50 bits per heavy atom. The standard InChI is InChI=1S/C8H9ClN2O/c9-7(8(11)12)5-2-1-3-6(10)4-5/h1-4,7H,10H2,(H2,11,12). The van der Waals surface area contributed by atoms with E-state index in [2.05, 4.69) is 0 Å². The second-order valence-corrected chi connectivity index (χ2v) is 2.87. The number of primary amides is 1. The normalized spacial score (nSPS) is 12.4. The summed E-state index contributed by atoms with van der Waals surface area (Å²) in [6, 6.07) is 6.78. The summed E-state index contributed by atoms with van der Waals surface area (Å²) in [4.78, 5) is 10.7. The molecule has 0 aliphatic heterocycles. The SMILES string of the molecule is NC(=O)C(Cl)c1cccc(N)c1. The Bertz CT molecular complexity index is 301. The molecule has 1 rings (SSSR count). The van der Waals surface area contributed by atoms with Gasteiger partial charge in [0.05, 0.1) is 0 Å². The highest BCUT2D eigenvalue weighted by Crippen LogP contribution is 2.21. The average Bonchev–Trinajstić information content (AvgIpc) is 2.03. The van der Waals surface area contributed by atoms with Gasteiger partial charge in [0.2, 0.25) is 5.91 Å². The molecule has 0 saturated carbocycles. The van der Waals surface area contributed by atoms with E-state index < -0.39 is 11.3 Å². The summed E-state index contributed by atoms with van der Waals surface area (Å²) < 4.78 is 0. The van der Waals surface area contributed by atoms with Gasteiger partial charge in [0.25, 0.3) is 0 Å². The van der Waals surface area contributed by atoms with Gasteiger partial charge >= 0.3 is 0 Å². The zero-order valence-electron chi connectivity index (χ0n) is 6.33. The fraction of sp³-hybridized carbons (Fsp3) is 0.125. The molecule has 0 aliphatic rings. The van der Waals surface area contributed by atoms with Crippen molar-refractivity contribution in [3.05, 3.63) is 29.8 Å². The number of benzene rings is 1. The molecule has 0 aliphatic carbocycles. The van der Waals surface area contributed by atoms with Gasteiger partial charge in [0.1, 0.15) is 5.38 Å². The van der Waals surface area contributed by atoms with Crippen molar-refractivity contribution in [2.75, 3.05) is 5.73 Å². The van der Waals surface area contributed by atoms with Gasteiger partial charge in [-0.25, -0.2) is 0 Å². The number of anilines is 1. The number of amides is 1. The number of halogens is 1. The van der Waals surface area contributed by atoms with Gasteiger partial charge in [-0.2, -0.15) is 0 Å². The van der Waals surface area contributed by atoms with E-state index in [-0.39, 0.29) is 0 Å². The second-order valence-electron chi connectivity index (χ2n) is 2.44. The van der Waals surface area contributed by atoms with Crippen molar-refractivity contribution in [1.29, 1.82) is 0 Å². The van der Waals surface area contributed by atoms with E-state index in [4.69, 9.17) is 23.1 Å². The zero-order valence-corrected chi connectivity index (χ0v) is 7.08. The third-order valence-electron chi connectivity index (χ3n) is 1.45. The van der Waals surface area contributed by atoms with Crippen LogP contribution >= 0.6 is 11.6 Å². The lowest BCUT2D eigenvalue weighted by Gasteiger charge is -2.05. The molecule has 1 amide bonds.